The zero-order valence-electron chi connectivity index (χ0n) is 23.2. The molecule has 44 heavy (non-hydrogen) atoms. The second-order valence-corrected chi connectivity index (χ2v) is 10.4. The van der Waals surface area contributed by atoms with E-state index in [1.54, 1.807) is 6.07 Å². The first-order chi connectivity index (χ1) is 21.2. The average molecular weight is 751 g/mol. The quantitative estimate of drug-likeness (QED) is 0.191. The standard InChI is InChI=1S/C37H24N4O2.Pt/c42-37(43)32-20-9-19-31(38-32)28-16-8-21-33-35(28)40-36(29-17-7-15-27-26-14-4-5-18-30(26)39-34(27)29)41(33)25-13-6-12-24(22-25)23-10-2-1-3-11-23;/h1-22H,(H2,38,39,40,42,43);/p-1. The Morgan fingerprint density at radius 1 is 0.659 bits per heavy atom. The fourth-order valence-corrected chi connectivity index (χ4v) is 5.89. The number of imidazole rings is 1. The molecule has 3 heterocycles. The number of fused-ring (bicyclic) bond motifs is 4. The van der Waals surface area contributed by atoms with Crippen LogP contribution in [0.25, 0.3) is 72.3 Å². The fourth-order valence-electron chi connectivity index (χ4n) is 5.89. The number of benzene rings is 5. The second-order valence-electron chi connectivity index (χ2n) is 10.4. The molecular formula is C37H23N4O2Pt-. The zero-order chi connectivity index (χ0) is 28.9. The van der Waals surface area contributed by atoms with E-state index < -0.39 is 5.97 Å². The molecule has 0 unspecified atom stereocenters. The number of carbonyl (C=O) groups is 1. The Balaban J connectivity index is 0.00000312. The van der Waals surface area contributed by atoms with Gasteiger partial charge in [0, 0.05) is 37.9 Å². The van der Waals surface area contributed by atoms with Gasteiger partial charge in [-0.25, -0.2) is 14.8 Å². The van der Waals surface area contributed by atoms with E-state index in [0.29, 0.717) is 5.69 Å². The minimum Gasteiger partial charge on any atom is -0.656 e. The van der Waals surface area contributed by atoms with Gasteiger partial charge in [-0.15, -0.1) is 11.0 Å². The molecular weight excluding hydrogens is 728 g/mol. The zero-order valence-corrected chi connectivity index (χ0v) is 25.4. The first kappa shape index (κ1) is 27.5. The van der Waals surface area contributed by atoms with Crippen molar-refractivity contribution in [2.24, 2.45) is 0 Å². The van der Waals surface area contributed by atoms with E-state index in [9.17, 15) is 9.90 Å². The predicted molar refractivity (Wildman–Crippen MR) is 170 cm³/mol. The Morgan fingerprint density at radius 3 is 2.23 bits per heavy atom. The van der Waals surface area contributed by atoms with Crippen LogP contribution in [0.3, 0.4) is 0 Å². The third-order valence-electron chi connectivity index (χ3n) is 7.84. The van der Waals surface area contributed by atoms with Crippen LogP contribution in [0, 0.1) is 0 Å². The van der Waals surface area contributed by atoms with Gasteiger partial charge in [0.1, 0.15) is 11.5 Å². The molecule has 0 saturated heterocycles. The van der Waals surface area contributed by atoms with E-state index in [1.165, 1.54) is 6.07 Å². The van der Waals surface area contributed by atoms with E-state index in [2.05, 4.69) is 70.2 Å². The fraction of sp³-hybridized carbons (Fsp3) is 0. The van der Waals surface area contributed by atoms with E-state index in [4.69, 9.17) is 9.97 Å². The monoisotopic (exact) mass is 750 g/mol. The SMILES string of the molecule is O=C(O)c1cccc(-c2cccc3c2nc(-c2cccc4c2[n-]c2ccccc24)n3-c2cccc(-c3ccccc3)c2)n1.[Pt]. The molecule has 0 fully saturated rings. The van der Waals surface area contributed by atoms with Crippen LogP contribution in [0.4, 0.5) is 0 Å². The normalized spacial score (nSPS) is 11.2. The molecule has 7 heteroatoms. The van der Waals surface area contributed by atoms with Crippen molar-refractivity contribution in [1.82, 2.24) is 19.5 Å². The molecule has 1 N–H and O–H groups in total. The summed E-state index contributed by atoms with van der Waals surface area (Å²) in [5, 5.41) is 11.8. The number of pyridine rings is 1. The number of hydrogen-bond acceptors (Lipinski definition) is 3. The number of aromatic nitrogens is 4. The molecule has 5 aromatic carbocycles. The van der Waals surface area contributed by atoms with Crippen LogP contribution in [0.2, 0.25) is 0 Å². The van der Waals surface area contributed by atoms with Crippen molar-refractivity contribution >= 4 is 38.8 Å². The summed E-state index contributed by atoms with van der Waals surface area (Å²) in [5.41, 5.74) is 8.81. The first-order valence-electron chi connectivity index (χ1n) is 14.0. The van der Waals surface area contributed by atoms with Gasteiger partial charge in [0.05, 0.1) is 16.7 Å². The molecule has 0 aliphatic carbocycles. The van der Waals surface area contributed by atoms with Gasteiger partial charge in [0.15, 0.2) is 0 Å². The largest absolute Gasteiger partial charge is 0.656 e. The van der Waals surface area contributed by atoms with Crippen LogP contribution in [0.15, 0.2) is 133 Å². The summed E-state index contributed by atoms with van der Waals surface area (Å²) in [6.45, 7) is 0. The van der Waals surface area contributed by atoms with E-state index in [0.717, 1.165) is 66.6 Å². The molecule has 0 aliphatic rings. The Hall–Kier alpha value is -5.32. The Kier molecular flexibility index (Phi) is 6.92. The number of para-hydroxylation sites is 3. The molecule has 0 bridgehead atoms. The smallest absolute Gasteiger partial charge is 0.354 e. The Bertz CT molecular complexity index is 2340. The van der Waals surface area contributed by atoms with Gasteiger partial charge >= 0.3 is 5.97 Å². The van der Waals surface area contributed by atoms with Crippen molar-refractivity contribution in [2.45, 2.75) is 0 Å². The van der Waals surface area contributed by atoms with Crippen molar-refractivity contribution in [3.8, 4) is 39.5 Å². The molecule has 6 nitrogen and oxygen atoms in total. The van der Waals surface area contributed by atoms with Crippen molar-refractivity contribution < 1.29 is 31.0 Å². The molecule has 8 rings (SSSR count). The maximum atomic E-state index is 11.7. The molecule has 0 radical (unpaired) electrons. The van der Waals surface area contributed by atoms with Crippen molar-refractivity contribution in [2.75, 3.05) is 0 Å². The molecule has 0 atom stereocenters. The Morgan fingerprint density at radius 2 is 1.36 bits per heavy atom. The number of aromatic carboxylic acids is 1. The summed E-state index contributed by atoms with van der Waals surface area (Å²) >= 11 is 0. The maximum Gasteiger partial charge on any atom is 0.354 e. The minimum absolute atomic E-state index is 0. The van der Waals surface area contributed by atoms with Gasteiger partial charge in [0.25, 0.3) is 0 Å². The second kappa shape index (κ2) is 11.1. The number of carboxylic acids is 1. The summed E-state index contributed by atoms with van der Waals surface area (Å²) in [7, 11) is 0. The van der Waals surface area contributed by atoms with E-state index in [1.807, 2.05) is 60.7 Å². The summed E-state index contributed by atoms with van der Waals surface area (Å²) in [6.07, 6.45) is 0. The van der Waals surface area contributed by atoms with Crippen LogP contribution in [-0.4, -0.2) is 25.6 Å². The minimum atomic E-state index is -1.07. The number of hydrogen-bond donors (Lipinski definition) is 1. The average Bonchev–Trinajstić information content (AvgIpc) is 3.64. The third-order valence-corrected chi connectivity index (χ3v) is 7.84. The molecule has 8 aromatic rings. The molecule has 0 saturated carbocycles. The van der Waals surface area contributed by atoms with Crippen molar-refractivity contribution in [3.63, 3.8) is 0 Å². The topological polar surface area (TPSA) is 82.1 Å². The van der Waals surface area contributed by atoms with Crippen LogP contribution in [0.5, 0.6) is 0 Å². The first-order valence-corrected chi connectivity index (χ1v) is 14.0. The van der Waals surface area contributed by atoms with Gasteiger partial charge in [-0.2, -0.15) is 0 Å². The summed E-state index contributed by atoms with van der Waals surface area (Å²) in [4.78, 5) is 26.5. The molecule has 3 aromatic heterocycles. The van der Waals surface area contributed by atoms with Gasteiger partial charge in [-0.05, 0) is 52.2 Å². The number of carboxylic acid groups (broad SMARTS) is 1. The predicted octanol–water partition coefficient (Wildman–Crippen LogP) is 8.38. The number of rotatable bonds is 5. The maximum absolute atomic E-state index is 11.7. The summed E-state index contributed by atoms with van der Waals surface area (Å²) in [6, 6.07) is 44.1. The van der Waals surface area contributed by atoms with Crippen LogP contribution >= 0.6 is 0 Å². The Labute approximate surface area is 266 Å². The molecule has 0 spiro atoms. The van der Waals surface area contributed by atoms with E-state index >= 15 is 0 Å². The molecule has 214 valence electrons. The van der Waals surface area contributed by atoms with Crippen molar-refractivity contribution in [1.29, 1.82) is 0 Å². The van der Waals surface area contributed by atoms with Gasteiger partial charge < -0.3 is 10.1 Å². The van der Waals surface area contributed by atoms with Gasteiger partial charge in [-0.1, -0.05) is 103 Å². The van der Waals surface area contributed by atoms with Crippen LogP contribution in [0.1, 0.15) is 10.5 Å². The van der Waals surface area contributed by atoms with Crippen LogP contribution < -0.4 is 4.98 Å². The number of nitrogens with zero attached hydrogens (tertiary/aromatic N) is 4. The molecule has 0 amide bonds. The summed E-state index contributed by atoms with van der Waals surface area (Å²) < 4.78 is 2.17. The van der Waals surface area contributed by atoms with Crippen LogP contribution in [-0.2, 0) is 21.1 Å². The molecule has 0 aliphatic heterocycles. The van der Waals surface area contributed by atoms with Gasteiger partial charge in [-0.3, -0.25) is 4.57 Å². The summed E-state index contributed by atoms with van der Waals surface area (Å²) in [5.74, 6) is -0.325. The third kappa shape index (κ3) is 4.52. The van der Waals surface area contributed by atoms with Crippen molar-refractivity contribution in [3.05, 3.63) is 139 Å². The van der Waals surface area contributed by atoms with Gasteiger partial charge in [0.2, 0.25) is 0 Å². The van der Waals surface area contributed by atoms with E-state index in [-0.39, 0.29) is 26.8 Å².